The zero-order valence-electron chi connectivity index (χ0n) is 11.8. The zero-order chi connectivity index (χ0) is 14.9. The van der Waals surface area contributed by atoms with Gasteiger partial charge in [0.1, 0.15) is 5.75 Å². The van der Waals surface area contributed by atoms with Crippen molar-refractivity contribution in [1.82, 2.24) is 0 Å². The van der Waals surface area contributed by atoms with Crippen molar-refractivity contribution >= 4 is 21.4 Å². The van der Waals surface area contributed by atoms with Crippen LogP contribution in [-0.2, 0) is 25.8 Å². The number of benzene rings is 1. The van der Waals surface area contributed by atoms with Crippen LogP contribution >= 0.6 is 0 Å². The van der Waals surface area contributed by atoms with Gasteiger partial charge in [0.15, 0.2) is 9.84 Å². The molecule has 114 valence electrons. The maximum atomic E-state index is 12.3. The molecule has 1 aromatic carbocycles. The van der Waals surface area contributed by atoms with Gasteiger partial charge in [-0.1, -0.05) is 18.2 Å². The van der Waals surface area contributed by atoms with E-state index in [2.05, 4.69) is 0 Å². The third-order valence-electron chi connectivity index (χ3n) is 4.00. The van der Waals surface area contributed by atoms with E-state index in [0.29, 0.717) is 13.2 Å². The Bertz CT molecular complexity index is 635. The molecule has 0 spiro atoms. The number of amides is 1. The molecule has 0 radical (unpaired) electrons. The van der Waals surface area contributed by atoms with Gasteiger partial charge in [0.25, 0.3) is 0 Å². The van der Waals surface area contributed by atoms with Gasteiger partial charge >= 0.3 is 0 Å². The maximum absolute atomic E-state index is 12.3. The Morgan fingerprint density at radius 3 is 2.90 bits per heavy atom. The van der Waals surface area contributed by atoms with E-state index in [1.807, 2.05) is 24.3 Å². The van der Waals surface area contributed by atoms with Crippen LogP contribution < -0.4 is 4.90 Å². The van der Waals surface area contributed by atoms with Crippen molar-refractivity contribution in [2.45, 2.75) is 25.4 Å². The van der Waals surface area contributed by atoms with Gasteiger partial charge in [0.05, 0.1) is 11.9 Å². The Kier molecular flexibility index (Phi) is 3.99. The van der Waals surface area contributed by atoms with Crippen LogP contribution in [0.25, 0.3) is 0 Å². The van der Waals surface area contributed by atoms with E-state index in [9.17, 15) is 13.2 Å². The van der Waals surface area contributed by atoms with Crippen molar-refractivity contribution < 1.29 is 17.9 Å². The number of anilines is 1. The van der Waals surface area contributed by atoms with Crippen molar-refractivity contribution in [1.29, 1.82) is 0 Å². The van der Waals surface area contributed by atoms with E-state index in [-0.39, 0.29) is 17.8 Å². The average molecular weight is 309 g/mol. The van der Waals surface area contributed by atoms with Gasteiger partial charge in [-0.3, -0.25) is 4.79 Å². The number of carbonyl (C=O) groups excluding carboxylic acids is 1. The first kappa shape index (κ1) is 14.5. The smallest absolute Gasteiger partial charge is 0.242 e. The molecular formula is C15H19NO4S. The predicted octanol–water partition coefficient (Wildman–Crippen LogP) is 1.17. The van der Waals surface area contributed by atoms with Gasteiger partial charge in [-0.05, 0) is 30.9 Å². The van der Waals surface area contributed by atoms with E-state index in [0.717, 1.165) is 30.5 Å². The summed E-state index contributed by atoms with van der Waals surface area (Å²) >= 11 is 0. The predicted molar refractivity (Wildman–Crippen MR) is 80.1 cm³/mol. The van der Waals surface area contributed by atoms with Crippen LogP contribution in [0.4, 0.5) is 5.69 Å². The zero-order valence-corrected chi connectivity index (χ0v) is 12.6. The van der Waals surface area contributed by atoms with Crippen molar-refractivity contribution in [3.8, 4) is 0 Å². The Labute approximate surface area is 124 Å². The van der Waals surface area contributed by atoms with Crippen LogP contribution in [-0.4, -0.2) is 45.1 Å². The number of sulfone groups is 1. The molecule has 2 aliphatic rings. The second-order valence-corrected chi connectivity index (χ2v) is 7.72. The fraction of sp³-hybridized carbons (Fsp3) is 0.533. The van der Waals surface area contributed by atoms with Crippen molar-refractivity contribution in [2.24, 2.45) is 0 Å². The number of fused-ring (bicyclic) bond motifs is 1. The highest BCUT2D eigenvalue weighted by Crippen LogP contribution is 2.27. The molecule has 0 unspecified atom stereocenters. The fourth-order valence-electron chi connectivity index (χ4n) is 2.98. The number of nitrogens with zero attached hydrogens (tertiary/aromatic N) is 1. The molecule has 2 aliphatic heterocycles. The summed E-state index contributed by atoms with van der Waals surface area (Å²) in [5.74, 6) is -0.812. The molecule has 5 nitrogen and oxygen atoms in total. The van der Waals surface area contributed by atoms with Crippen LogP contribution in [0.5, 0.6) is 0 Å². The van der Waals surface area contributed by atoms with Crippen LogP contribution in [0, 0.1) is 0 Å². The molecule has 0 aliphatic carbocycles. The number of ether oxygens (including phenoxy) is 1. The van der Waals surface area contributed by atoms with Gasteiger partial charge in [-0.15, -0.1) is 0 Å². The summed E-state index contributed by atoms with van der Waals surface area (Å²) in [5.41, 5.74) is 1.94. The number of hydrogen-bond donors (Lipinski definition) is 0. The SMILES string of the molecule is O=C(CS(=O)(=O)C[C@H]1CCCO1)N1CCc2ccccc21. The first-order valence-electron chi connectivity index (χ1n) is 7.25. The second kappa shape index (κ2) is 5.77. The molecule has 21 heavy (non-hydrogen) atoms. The third-order valence-corrected chi connectivity index (χ3v) is 5.56. The summed E-state index contributed by atoms with van der Waals surface area (Å²) in [6.45, 7) is 1.18. The van der Waals surface area contributed by atoms with Crippen LogP contribution in [0.3, 0.4) is 0 Å². The van der Waals surface area contributed by atoms with Crippen molar-refractivity contribution in [3.63, 3.8) is 0 Å². The van der Waals surface area contributed by atoms with E-state index < -0.39 is 15.6 Å². The summed E-state index contributed by atoms with van der Waals surface area (Å²) in [7, 11) is -3.42. The quantitative estimate of drug-likeness (QED) is 0.837. The van der Waals surface area contributed by atoms with Gasteiger partial charge in [0, 0.05) is 18.8 Å². The normalized spacial score (nSPS) is 21.5. The number of rotatable bonds is 4. The molecule has 1 saturated heterocycles. The summed E-state index contributed by atoms with van der Waals surface area (Å²) in [5, 5.41) is 0. The Morgan fingerprint density at radius 2 is 2.14 bits per heavy atom. The summed E-state index contributed by atoms with van der Waals surface area (Å²) in [4.78, 5) is 13.9. The highest BCUT2D eigenvalue weighted by molar-refractivity contribution is 7.92. The molecule has 1 atom stereocenters. The molecule has 1 aromatic rings. The molecule has 3 rings (SSSR count). The molecule has 0 bridgehead atoms. The van der Waals surface area contributed by atoms with Crippen LogP contribution in [0.15, 0.2) is 24.3 Å². The molecule has 6 heteroatoms. The third kappa shape index (κ3) is 3.27. The van der Waals surface area contributed by atoms with Crippen molar-refractivity contribution in [2.75, 3.05) is 29.6 Å². The minimum absolute atomic E-state index is 0.0474. The minimum atomic E-state index is -3.42. The Hall–Kier alpha value is -1.40. The fourth-order valence-corrected chi connectivity index (χ4v) is 4.46. The lowest BCUT2D eigenvalue weighted by Gasteiger charge is -2.18. The van der Waals surface area contributed by atoms with E-state index in [4.69, 9.17) is 4.74 Å². The molecular weight excluding hydrogens is 290 g/mol. The molecule has 0 aromatic heterocycles. The number of para-hydroxylation sites is 1. The topological polar surface area (TPSA) is 63.7 Å². The largest absolute Gasteiger partial charge is 0.377 e. The Morgan fingerprint density at radius 1 is 1.33 bits per heavy atom. The van der Waals surface area contributed by atoms with Gasteiger partial charge in [0.2, 0.25) is 5.91 Å². The van der Waals surface area contributed by atoms with Gasteiger partial charge < -0.3 is 9.64 Å². The van der Waals surface area contributed by atoms with E-state index in [1.54, 1.807) is 4.90 Å². The summed E-state index contributed by atoms with van der Waals surface area (Å²) < 4.78 is 29.6. The molecule has 1 amide bonds. The molecule has 2 heterocycles. The lowest BCUT2D eigenvalue weighted by molar-refractivity contribution is -0.116. The first-order chi connectivity index (χ1) is 10.1. The minimum Gasteiger partial charge on any atom is -0.377 e. The maximum Gasteiger partial charge on any atom is 0.242 e. The number of carbonyl (C=O) groups is 1. The highest BCUT2D eigenvalue weighted by atomic mass is 32.2. The summed E-state index contributed by atoms with van der Waals surface area (Å²) in [6.07, 6.45) is 2.20. The van der Waals surface area contributed by atoms with E-state index >= 15 is 0 Å². The lowest BCUT2D eigenvalue weighted by atomic mass is 10.2. The second-order valence-electron chi connectivity index (χ2n) is 5.61. The van der Waals surface area contributed by atoms with Gasteiger partial charge in [-0.25, -0.2) is 8.42 Å². The molecule has 1 fully saturated rings. The highest BCUT2D eigenvalue weighted by Gasteiger charge is 2.30. The van der Waals surface area contributed by atoms with E-state index in [1.165, 1.54) is 0 Å². The molecule has 0 N–H and O–H groups in total. The van der Waals surface area contributed by atoms with Crippen LogP contribution in [0.1, 0.15) is 18.4 Å². The Balaban J connectivity index is 1.66. The standard InChI is InChI=1S/C15H19NO4S/c17-15(11-21(18,19)10-13-5-3-9-20-13)16-8-7-12-4-1-2-6-14(12)16/h1-2,4,6,13H,3,5,7-11H2/t13-/m1/s1. The summed E-state index contributed by atoms with van der Waals surface area (Å²) in [6, 6.07) is 7.64. The molecule has 0 saturated carbocycles. The average Bonchev–Trinajstić information content (AvgIpc) is 3.06. The van der Waals surface area contributed by atoms with Crippen LogP contribution in [0.2, 0.25) is 0 Å². The monoisotopic (exact) mass is 309 g/mol. The number of hydrogen-bond acceptors (Lipinski definition) is 4. The lowest BCUT2D eigenvalue weighted by Crippen LogP contribution is -2.36. The van der Waals surface area contributed by atoms with Crippen molar-refractivity contribution in [3.05, 3.63) is 29.8 Å². The van der Waals surface area contributed by atoms with Gasteiger partial charge in [-0.2, -0.15) is 0 Å². The first-order valence-corrected chi connectivity index (χ1v) is 9.07.